The van der Waals surface area contributed by atoms with Crippen LogP contribution >= 0.6 is 0 Å². The van der Waals surface area contributed by atoms with Crippen molar-refractivity contribution < 1.29 is 9.53 Å². The maximum Gasteiger partial charge on any atom is 0.407 e. The first-order valence-electron chi connectivity index (χ1n) is 4.69. The summed E-state index contributed by atoms with van der Waals surface area (Å²) in [5, 5.41) is 2.67. The van der Waals surface area contributed by atoms with E-state index >= 15 is 0 Å². The minimum Gasteiger partial charge on any atom is -0.450 e. The van der Waals surface area contributed by atoms with Crippen LogP contribution in [-0.2, 0) is 11.3 Å². The fourth-order valence-corrected chi connectivity index (χ4v) is 1.31. The smallest absolute Gasteiger partial charge is 0.407 e. The van der Waals surface area contributed by atoms with Crippen molar-refractivity contribution >= 4 is 6.09 Å². The van der Waals surface area contributed by atoms with Crippen LogP contribution in [0.25, 0.3) is 0 Å². The lowest BCUT2D eigenvalue weighted by molar-refractivity contribution is 0.151. The molecule has 4 heteroatoms. The maximum absolute atomic E-state index is 11.0. The lowest BCUT2D eigenvalue weighted by Gasteiger charge is -2.04. The number of H-pyrrole nitrogens is 1. The first-order valence-corrected chi connectivity index (χ1v) is 4.69. The van der Waals surface area contributed by atoms with Crippen LogP contribution in [0, 0.1) is 13.8 Å². The Kier molecular flexibility index (Phi) is 3.56. The van der Waals surface area contributed by atoms with Gasteiger partial charge in [0.05, 0.1) is 6.61 Å². The molecule has 0 aliphatic heterocycles. The SMILES string of the molecule is CCOC(=O)NCc1cc(C)[nH]c1C. The summed E-state index contributed by atoms with van der Waals surface area (Å²) in [6, 6.07) is 2.02. The molecule has 1 aromatic heterocycles. The molecule has 1 rings (SSSR count). The number of hydrogen-bond donors (Lipinski definition) is 2. The molecule has 1 amide bonds. The topological polar surface area (TPSA) is 54.1 Å². The summed E-state index contributed by atoms with van der Waals surface area (Å²) in [5.74, 6) is 0. The van der Waals surface area contributed by atoms with Crippen LogP contribution in [0.15, 0.2) is 6.07 Å². The van der Waals surface area contributed by atoms with E-state index in [2.05, 4.69) is 10.3 Å². The number of ether oxygens (including phenoxy) is 1. The normalized spacial score (nSPS) is 9.93. The summed E-state index contributed by atoms with van der Waals surface area (Å²) in [4.78, 5) is 14.2. The van der Waals surface area contributed by atoms with Crippen LogP contribution in [0.5, 0.6) is 0 Å². The fourth-order valence-electron chi connectivity index (χ4n) is 1.31. The number of nitrogens with one attached hydrogen (secondary N) is 2. The van der Waals surface area contributed by atoms with Gasteiger partial charge in [0.1, 0.15) is 0 Å². The van der Waals surface area contributed by atoms with Gasteiger partial charge in [0, 0.05) is 17.9 Å². The number of alkyl carbamates (subject to hydrolysis) is 1. The molecule has 0 aliphatic carbocycles. The number of aromatic amines is 1. The molecule has 0 fully saturated rings. The van der Waals surface area contributed by atoms with E-state index in [0.717, 1.165) is 17.0 Å². The average molecular weight is 196 g/mol. The zero-order valence-corrected chi connectivity index (χ0v) is 8.81. The molecule has 0 aliphatic rings. The van der Waals surface area contributed by atoms with Crippen molar-refractivity contribution in [2.75, 3.05) is 6.61 Å². The van der Waals surface area contributed by atoms with Crippen molar-refractivity contribution in [3.63, 3.8) is 0 Å². The van der Waals surface area contributed by atoms with E-state index in [1.165, 1.54) is 0 Å². The Morgan fingerprint density at radius 3 is 2.79 bits per heavy atom. The van der Waals surface area contributed by atoms with E-state index in [4.69, 9.17) is 4.74 Å². The number of amides is 1. The number of hydrogen-bond acceptors (Lipinski definition) is 2. The highest BCUT2D eigenvalue weighted by Gasteiger charge is 2.04. The Hall–Kier alpha value is -1.45. The van der Waals surface area contributed by atoms with Crippen molar-refractivity contribution in [2.24, 2.45) is 0 Å². The highest BCUT2D eigenvalue weighted by atomic mass is 16.5. The fraction of sp³-hybridized carbons (Fsp3) is 0.500. The summed E-state index contributed by atoms with van der Waals surface area (Å²) in [6.07, 6.45) is -0.370. The Balaban J connectivity index is 2.45. The van der Waals surface area contributed by atoms with Crippen LogP contribution in [0.3, 0.4) is 0 Å². The molecule has 2 N–H and O–H groups in total. The molecule has 0 aromatic carbocycles. The minimum atomic E-state index is -0.370. The number of rotatable bonds is 3. The number of carbonyl (C=O) groups excluding carboxylic acids is 1. The van der Waals surface area contributed by atoms with Gasteiger partial charge in [0.25, 0.3) is 0 Å². The second-order valence-corrected chi connectivity index (χ2v) is 3.18. The number of carbonyl (C=O) groups is 1. The molecule has 0 saturated heterocycles. The standard InChI is InChI=1S/C10H16N2O2/c1-4-14-10(13)11-6-9-5-7(2)12-8(9)3/h5,12H,4,6H2,1-3H3,(H,11,13). The summed E-state index contributed by atoms with van der Waals surface area (Å²) in [7, 11) is 0. The molecule has 0 saturated carbocycles. The van der Waals surface area contributed by atoms with Crippen LogP contribution in [0.1, 0.15) is 23.9 Å². The summed E-state index contributed by atoms with van der Waals surface area (Å²) < 4.78 is 4.75. The molecule has 4 nitrogen and oxygen atoms in total. The molecule has 0 radical (unpaired) electrons. The van der Waals surface area contributed by atoms with E-state index < -0.39 is 0 Å². The molecular formula is C10H16N2O2. The van der Waals surface area contributed by atoms with Crippen LogP contribution in [0.2, 0.25) is 0 Å². The second-order valence-electron chi connectivity index (χ2n) is 3.18. The zero-order chi connectivity index (χ0) is 10.6. The Bertz CT molecular complexity index is 318. The summed E-state index contributed by atoms with van der Waals surface area (Å²) in [5.41, 5.74) is 3.28. The Labute approximate surface area is 83.7 Å². The van der Waals surface area contributed by atoms with Crippen molar-refractivity contribution in [3.05, 3.63) is 23.0 Å². The lowest BCUT2D eigenvalue weighted by Crippen LogP contribution is -2.23. The van der Waals surface area contributed by atoms with Gasteiger partial charge in [-0.25, -0.2) is 4.79 Å². The molecule has 0 atom stereocenters. The maximum atomic E-state index is 11.0. The minimum absolute atomic E-state index is 0.370. The van der Waals surface area contributed by atoms with E-state index in [-0.39, 0.29) is 6.09 Å². The lowest BCUT2D eigenvalue weighted by atomic mass is 10.2. The Morgan fingerprint density at radius 2 is 2.29 bits per heavy atom. The first-order chi connectivity index (χ1) is 6.63. The second kappa shape index (κ2) is 4.69. The monoisotopic (exact) mass is 196 g/mol. The predicted molar refractivity (Wildman–Crippen MR) is 54.1 cm³/mol. The van der Waals surface area contributed by atoms with E-state index in [9.17, 15) is 4.79 Å². The van der Waals surface area contributed by atoms with Crippen LogP contribution in [-0.4, -0.2) is 17.7 Å². The van der Waals surface area contributed by atoms with Gasteiger partial charge < -0.3 is 15.0 Å². The van der Waals surface area contributed by atoms with Gasteiger partial charge in [-0.3, -0.25) is 0 Å². The largest absolute Gasteiger partial charge is 0.450 e. The van der Waals surface area contributed by atoms with Gasteiger partial charge in [-0.2, -0.15) is 0 Å². The predicted octanol–water partition coefficient (Wildman–Crippen LogP) is 1.88. The highest BCUT2D eigenvalue weighted by molar-refractivity contribution is 5.67. The molecule has 0 bridgehead atoms. The van der Waals surface area contributed by atoms with Gasteiger partial charge >= 0.3 is 6.09 Å². The summed E-state index contributed by atoms with van der Waals surface area (Å²) in [6.45, 7) is 6.66. The zero-order valence-electron chi connectivity index (χ0n) is 8.81. The van der Waals surface area contributed by atoms with Gasteiger partial charge in [0.2, 0.25) is 0 Å². The molecule has 1 heterocycles. The van der Waals surface area contributed by atoms with E-state index in [1.54, 1.807) is 6.92 Å². The highest BCUT2D eigenvalue weighted by Crippen LogP contribution is 2.08. The number of aryl methyl sites for hydroxylation is 2. The molecule has 78 valence electrons. The van der Waals surface area contributed by atoms with Crippen molar-refractivity contribution in [1.29, 1.82) is 0 Å². The third-order valence-electron chi connectivity index (χ3n) is 1.96. The third kappa shape index (κ3) is 2.80. The van der Waals surface area contributed by atoms with E-state index in [1.807, 2.05) is 19.9 Å². The van der Waals surface area contributed by atoms with Crippen LogP contribution in [0.4, 0.5) is 4.79 Å². The first kappa shape index (κ1) is 10.6. The number of aromatic nitrogens is 1. The molecule has 14 heavy (non-hydrogen) atoms. The van der Waals surface area contributed by atoms with Crippen LogP contribution < -0.4 is 5.32 Å². The molecular weight excluding hydrogens is 180 g/mol. The van der Waals surface area contributed by atoms with Crippen molar-refractivity contribution in [2.45, 2.75) is 27.3 Å². The average Bonchev–Trinajstić information content (AvgIpc) is 2.42. The molecule has 1 aromatic rings. The van der Waals surface area contributed by atoms with Crippen molar-refractivity contribution in [3.8, 4) is 0 Å². The summed E-state index contributed by atoms with van der Waals surface area (Å²) >= 11 is 0. The van der Waals surface area contributed by atoms with Gasteiger partial charge in [-0.05, 0) is 32.4 Å². The van der Waals surface area contributed by atoms with Gasteiger partial charge in [0.15, 0.2) is 0 Å². The molecule has 0 spiro atoms. The van der Waals surface area contributed by atoms with Gasteiger partial charge in [-0.1, -0.05) is 0 Å². The van der Waals surface area contributed by atoms with Gasteiger partial charge in [-0.15, -0.1) is 0 Å². The van der Waals surface area contributed by atoms with E-state index in [0.29, 0.717) is 13.2 Å². The molecule has 0 unspecified atom stereocenters. The van der Waals surface area contributed by atoms with Crippen molar-refractivity contribution in [1.82, 2.24) is 10.3 Å². The Morgan fingerprint density at radius 1 is 1.57 bits per heavy atom. The quantitative estimate of drug-likeness (QED) is 0.775. The third-order valence-corrected chi connectivity index (χ3v) is 1.96.